The molecule has 0 atom stereocenters. The van der Waals surface area contributed by atoms with Crippen molar-refractivity contribution < 1.29 is 27.5 Å². The first-order valence-electron chi connectivity index (χ1n) is 5.89. The van der Waals surface area contributed by atoms with Gasteiger partial charge in [-0.3, -0.25) is 0 Å². The Labute approximate surface area is 115 Å². The Kier molecular flexibility index (Phi) is 3.92. The SMILES string of the molecule is CCCc1c(C(=O)O)nnn1-c1c(F)c(F)cc(F)c1F. The van der Waals surface area contributed by atoms with E-state index in [1.165, 1.54) is 0 Å². The van der Waals surface area contributed by atoms with Gasteiger partial charge in [-0.1, -0.05) is 18.6 Å². The molecule has 1 N–H and O–H groups in total. The third-order valence-electron chi connectivity index (χ3n) is 2.75. The number of carbonyl (C=O) groups is 1. The minimum atomic E-state index is -1.67. The molecule has 1 aromatic carbocycles. The molecule has 2 aromatic rings. The van der Waals surface area contributed by atoms with E-state index in [0.717, 1.165) is 0 Å². The molecular weight excluding hydrogens is 294 g/mol. The Morgan fingerprint density at radius 2 is 1.81 bits per heavy atom. The van der Waals surface area contributed by atoms with Crippen molar-refractivity contribution in [2.75, 3.05) is 0 Å². The Balaban J connectivity index is 2.76. The number of hydrogen-bond acceptors (Lipinski definition) is 3. The normalized spacial score (nSPS) is 10.9. The Morgan fingerprint density at radius 1 is 1.24 bits per heavy atom. The van der Waals surface area contributed by atoms with Gasteiger partial charge in [0.15, 0.2) is 29.0 Å². The summed E-state index contributed by atoms with van der Waals surface area (Å²) in [6.45, 7) is 1.68. The van der Waals surface area contributed by atoms with E-state index in [4.69, 9.17) is 5.11 Å². The van der Waals surface area contributed by atoms with Gasteiger partial charge in [-0.2, -0.15) is 0 Å². The van der Waals surface area contributed by atoms with Gasteiger partial charge in [-0.05, 0) is 6.42 Å². The Hall–Kier alpha value is -2.45. The molecule has 0 fully saturated rings. The van der Waals surface area contributed by atoms with E-state index in [1.807, 2.05) is 0 Å². The van der Waals surface area contributed by atoms with Gasteiger partial charge >= 0.3 is 5.97 Å². The number of hydrogen-bond donors (Lipinski definition) is 1. The van der Waals surface area contributed by atoms with E-state index in [-0.39, 0.29) is 18.2 Å². The maximum atomic E-state index is 13.7. The standard InChI is InChI=1S/C12H9F4N3O2/c1-2-3-7-10(12(20)21)17-18-19(7)11-8(15)5(13)4-6(14)9(11)16/h4H,2-3H2,1H3,(H,20,21). The van der Waals surface area contributed by atoms with Crippen molar-refractivity contribution in [1.82, 2.24) is 15.0 Å². The molecule has 0 aliphatic heterocycles. The fraction of sp³-hybridized carbons (Fsp3) is 0.250. The summed E-state index contributed by atoms with van der Waals surface area (Å²) in [7, 11) is 0. The van der Waals surface area contributed by atoms with E-state index in [0.29, 0.717) is 11.1 Å². The molecule has 0 radical (unpaired) electrons. The number of rotatable bonds is 4. The number of halogens is 4. The molecule has 0 amide bonds. The first kappa shape index (κ1) is 14.9. The van der Waals surface area contributed by atoms with Crippen LogP contribution in [0.5, 0.6) is 0 Å². The molecule has 0 saturated carbocycles. The molecule has 0 aliphatic carbocycles. The smallest absolute Gasteiger partial charge is 0.358 e. The van der Waals surface area contributed by atoms with Crippen LogP contribution in [0.4, 0.5) is 17.6 Å². The molecule has 1 heterocycles. The predicted molar refractivity (Wildman–Crippen MR) is 62.1 cm³/mol. The lowest BCUT2D eigenvalue weighted by Gasteiger charge is -2.09. The van der Waals surface area contributed by atoms with E-state index in [2.05, 4.69) is 10.3 Å². The Morgan fingerprint density at radius 3 is 2.29 bits per heavy atom. The van der Waals surface area contributed by atoms with Crippen LogP contribution in [0, 0.1) is 23.3 Å². The van der Waals surface area contributed by atoms with Crippen molar-refractivity contribution in [2.45, 2.75) is 19.8 Å². The second-order valence-electron chi connectivity index (χ2n) is 4.17. The molecule has 112 valence electrons. The zero-order valence-corrected chi connectivity index (χ0v) is 10.7. The lowest BCUT2D eigenvalue weighted by molar-refractivity contribution is 0.0689. The molecule has 0 saturated heterocycles. The lowest BCUT2D eigenvalue weighted by atomic mass is 10.2. The summed E-state index contributed by atoms with van der Waals surface area (Å²) in [6.07, 6.45) is 0.473. The average Bonchev–Trinajstić information content (AvgIpc) is 2.81. The summed E-state index contributed by atoms with van der Waals surface area (Å²) < 4.78 is 54.4. The van der Waals surface area contributed by atoms with E-state index in [9.17, 15) is 22.4 Å². The van der Waals surface area contributed by atoms with Gasteiger partial charge in [0.1, 0.15) is 5.69 Å². The number of carboxylic acid groups (broad SMARTS) is 1. The summed E-state index contributed by atoms with van der Waals surface area (Å²) in [5.41, 5.74) is -1.80. The third kappa shape index (κ3) is 2.46. The highest BCUT2D eigenvalue weighted by Gasteiger charge is 2.26. The predicted octanol–water partition coefficient (Wildman–Crippen LogP) is 2.47. The second-order valence-corrected chi connectivity index (χ2v) is 4.17. The Bertz CT molecular complexity index is 689. The maximum absolute atomic E-state index is 13.7. The van der Waals surface area contributed by atoms with Crippen molar-refractivity contribution in [3.8, 4) is 5.69 Å². The van der Waals surface area contributed by atoms with Crippen LogP contribution in [0.1, 0.15) is 29.5 Å². The zero-order chi connectivity index (χ0) is 15.7. The van der Waals surface area contributed by atoms with Crippen molar-refractivity contribution in [2.24, 2.45) is 0 Å². The molecule has 5 nitrogen and oxygen atoms in total. The zero-order valence-electron chi connectivity index (χ0n) is 10.7. The van der Waals surface area contributed by atoms with Gasteiger partial charge < -0.3 is 5.11 Å². The fourth-order valence-corrected chi connectivity index (χ4v) is 1.85. The minimum Gasteiger partial charge on any atom is -0.476 e. The van der Waals surface area contributed by atoms with Crippen LogP contribution >= 0.6 is 0 Å². The van der Waals surface area contributed by atoms with Gasteiger partial charge in [0, 0.05) is 6.07 Å². The van der Waals surface area contributed by atoms with Crippen molar-refractivity contribution in [3.63, 3.8) is 0 Å². The van der Waals surface area contributed by atoms with Gasteiger partial charge in [-0.15, -0.1) is 5.10 Å². The van der Waals surface area contributed by atoms with E-state index >= 15 is 0 Å². The molecule has 2 rings (SSSR count). The van der Waals surface area contributed by atoms with Crippen LogP contribution in [0.3, 0.4) is 0 Å². The summed E-state index contributed by atoms with van der Waals surface area (Å²) in [6, 6.07) is 0.0582. The fourth-order valence-electron chi connectivity index (χ4n) is 1.85. The minimum absolute atomic E-state index is 0.0582. The van der Waals surface area contributed by atoms with Crippen molar-refractivity contribution >= 4 is 5.97 Å². The maximum Gasteiger partial charge on any atom is 0.358 e. The van der Waals surface area contributed by atoms with Crippen LogP contribution in [-0.2, 0) is 6.42 Å². The van der Waals surface area contributed by atoms with Crippen LogP contribution in [0.2, 0.25) is 0 Å². The van der Waals surface area contributed by atoms with Crippen molar-refractivity contribution in [3.05, 3.63) is 40.7 Å². The highest BCUT2D eigenvalue weighted by atomic mass is 19.2. The lowest BCUT2D eigenvalue weighted by Crippen LogP contribution is -2.12. The van der Waals surface area contributed by atoms with Crippen LogP contribution in [0.15, 0.2) is 6.07 Å². The largest absolute Gasteiger partial charge is 0.476 e. The van der Waals surface area contributed by atoms with Crippen LogP contribution in [0.25, 0.3) is 5.69 Å². The molecule has 1 aromatic heterocycles. The summed E-state index contributed by atoms with van der Waals surface area (Å²) in [5.74, 6) is -8.03. The molecule has 0 unspecified atom stereocenters. The summed E-state index contributed by atoms with van der Waals surface area (Å²) in [5, 5.41) is 15.5. The number of nitrogens with zero attached hydrogens (tertiary/aromatic N) is 3. The van der Waals surface area contributed by atoms with Gasteiger partial charge in [-0.25, -0.2) is 27.0 Å². The topological polar surface area (TPSA) is 68.0 Å². The second kappa shape index (κ2) is 5.51. The molecule has 9 heteroatoms. The van der Waals surface area contributed by atoms with E-state index in [1.54, 1.807) is 6.92 Å². The van der Waals surface area contributed by atoms with Gasteiger partial charge in [0.25, 0.3) is 0 Å². The van der Waals surface area contributed by atoms with E-state index < -0.39 is 40.6 Å². The molecule has 0 spiro atoms. The molecule has 0 aliphatic rings. The van der Waals surface area contributed by atoms with Crippen LogP contribution < -0.4 is 0 Å². The highest BCUT2D eigenvalue weighted by molar-refractivity contribution is 5.86. The number of carboxylic acids is 1. The number of benzene rings is 1. The first-order chi connectivity index (χ1) is 9.88. The van der Waals surface area contributed by atoms with Gasteiger partial charge in [0.05, 0.1) is 5.69 Å². The highest BCUT2D eigenvalue weighted by Crippen LogP contribution is 2.25. The first-order valence-corrected chi connectivity index (χ1v) is 5.89. The van der Waals surface area contributed by atoms with Crippen LogP contribution in [-0.4, -0.2) is 26.1 Å². The molecule has 21 heavy (non-hydrogen) atoms. The number of aromatic nitrogens is 3. The molecule has 0 bridgehead atoms. The van der Waals surface area contributed by atoms with Crippen molar-refractivity contribution in [1.29, 1.82) is 0 Å². The third-order valence-corrected chi connectivity index (χ3v) is 2.75. The quantitative estimate of drug-likeness (QED) is 0.696. The number of aromatic carboxylic acids is 1. The molecular formula is C12H9F4N3O2. The average molecular weight is 303 g/mol. The summed E-state index contributed by atoms with van der Waals surface area (Å²) in [4.78, 5) is 11.0. The van der Waals surface area contributed by atoms with Gasteiger partial charge in [0.2, 0.25) is 0 Å². The summed E-state index contributed by atoms with van der Waals surface area (Å²) >= 11 is 0. The monoisotopic (exact) mass is 303 g/mol.